The van der Waals surface area contributed by atoms with Crippen molar-refractivity contribution in [1.29, 1.82) is 0 Å². The van der Waals surface area contributed by atoms with Gasteiger partial charge in [0.2, 0.25) is 0 Å². The first-order chi connectivity index (χ1) is 11.4. The lowest BCUT2D eigenvalue weighted by Gasteiger charge is -2.26. The van der Waals surface area contributed by atoms with Crippen LogP contribution in [0.25, 0.3) is 0 Å². The Morgan fingerprint density at radius 3 is 2.42 bits per heavy atom. The Bertz CT molecular complexity index is 556. The van der Waals surface area contributed by atoms with Gasteiger partial charge in [-0.2, -0.15) is 0 Å². The van der Waals surface area contributed by atoms with E-state index in [1.807, 2.05) is 27.7 Å². The van der Waals surface area contributed by atoms with Crippen molar-refractivity contribution in [3.8, 4) is 11.5 Å². The Hall–Kier alpha value is -2.24. The van der Waals surface area contributed by atoms with Gasteiger partial charge < -0.3 is 19.5 Å². The maximum Gasteiger partial charge on any atom is 0.305 e. The van der Waals surface area contributed by atoms with E-state index < -0.39 is 5.97 Å². The first-order valence-electron chi connectivity index (χ1n) is 8.33. The van der Waals surface area contributed by atoms with Crippen LogP contribution in [0.5, 0.6) is 11.5 Å². The quantitative estimate of drug-likeness (QED) is 0.709. The van der Waals surface area contributed by atoms with E-state index in [1.54, 1.807) is 23.1 Å². The van der Waals surface area contributed by atoms with Crippen LogP contribution in [0.15, 0.2) is 18.2 Å². The number of amides is 1. The second-order valence-corrected chi connectivity index (χ2v) is 5.68. The molecule has 0 saturated heterocycles. The van der Waals surface area contributed by atoms with Crippen LogP contribution in [0.4, 0.5) is 0 Å². The number of hydrogen-bond donors (Lipinski definition) is 1. The minimum absolute atomic E-state index is 0.0834. The molecule has 0 aromatic heterocycles. The first-order valence-corrected chi connectivity index (χ1v) is 8.33. The Kier molecular flexibility index (Phi) is 8.09. The molecule has 0 saturated carbocycles. The molecule has 0 atom stereocenters. The van der Waals surface area contributed by atoms with Crippen LogP contribution in [0.3, 0.4) is 0 Å². The molecule has 1 amide bonds. The molecule has 0 aliphatic heterocycles. The lowest BCUT2D eigenvalue weighted by atomic mass is 10.1. The minimum Gasteiger partial charge on any atom is -0.490 e. The van der Waals surface area contributed by atoms with Gasteiger partial charge in [-0.05, 0) is 45.4 Å². The third kappa shape index (κ3) is 5.76. The Morgan fingerprint density at radius 1 is 1.17 bits per heavy atom. The smallest absolute Gasteiger partial charge is 0.305 e. The van der Waals surface area contributed by atoms with Gasteiger partial charge in [-0.25, -0.2) is 0 Å². The second kappa shape index (κ2) is 9.80. The van der Waals surface area contributed by atoms with Crippen molar-refractivity contribution < 1.29 is 24.2 Å². The number of benzene rings is 1. The van der Waals surface area contributed by atoms with Gasteiger partial charge in [0.1, 0.15) is 0 Å². The molecular weight excluding hydrogens is 310 g/mol. The summed E-state index contributed by atoms with van der Waals surface area (Å²) in [5, 5.41) is 8.85. The number of carboxylic acid groups (broad SMARTS) is 1. The summed E-state index contributed by atoms with van der Waals surface area (Å²) in [5.41, 5.74) is 0.460. The SMILES string of the molecule is CCCOc1ccc(C(=O)N(CCC(=O)O)C(C)C)cc1OCC. The summed E-state index contributed by atoms with van der Waals surface area (Å²) in [4.78, 5) is 25.1. The highest BCUT2D eigenvalue weighted by molar-refractivity contribution is 5.95. The number of hydrogen-bond acceptors (Lipinski definition) is 4. The highest BCUT2D eigenvalue weighted by Gasteiger charge is 2.21. The predicted octanol–water partition coefficient (Wildman–Crippen LogP) is 3.20. The molecule has 0 heterocycles. The number of carbonyl (C=O) groups is 2. The van der Waals surface area contributed by atoms with Crippen molar-refractivity contribution in [2.24, 2.45) is 0 Å². The molecule has 0 radical (unpaired) electrons. The molecule has 24 heavy (non-hydrogen) atoms. The summed E-state index contributed by atoms with van der Waals surface area (Å²) in [6.07, 6.45) is 0.794. The largest absolute Gasteiger partial charge is 0.490 e. The maximum absolute atomic E-state index is 12.7. The van der Waals surface area contributed by atoms with Crippen LogP contribution in [-0.2, 0) is 4.79 Å². The molecule has 0 bridgehead atoms. The maximum atomic E-state index is 12.7. The number of rotatable bonds is 10. The molecule has 1 rings (SSSR count). The van der Waals surface area contributed by atoms with Gasteiger partial charge in [0.15, 0.2) is 11.5 Å². The summed E-state index contributed by atoms with van der Waals surface area (Å²) < 4.78 is 11.2. The van der Waals surface area contributed by atoms with E-state index in [0.29, 0.717) is 30.3 Å². The van der Waals surface area contributed by atoms with Gasteiger partial charge in [0, 0.05) is 18.2 Å². The van der Waals surface area contributed by atoms with Crippen molar-refractivity contribution in [2.45, 2.75) is 46.6 Å². The average Bonchev–Trinajstić information content (AvgIpc) is 2.53. The van der Waals surface area contributed by atoms with Crippen LogP contribution in [-0.4, -0.2) is 47.7 Å². The fraction of sp³-hybridized carbons (Fsp3) is 0.556. The molecule has 6 heteroatoms. The van der Waals surface area contributed by atoms with E-state index in [9.17, 15) is 9.59 Å². The Balaban J connectivity index is 3.02. The van der Waals surface area contributed by atoms with Gasteiger partial charge in [0.25, 0.3) is 5.91 Å². The van der Waals surface area contributed by atoms with Crippen molar-refractivity contribution >= 4 is 11.9 Å². The van der Waals surface area contributed by atoms with E-state index in [2.05, 4.69) is 0 Å². The first kappa shape index (κ1) is 19.8. The topological polar surface area (TPSA) is 76.1 Å². The summed E-state index contributed by atoms with van der Waals surface area (Å²) in [7, 11) is 0. The lowest BCUT2D eigenvalue weighted by molar-refractivity contribution is -0.137. The molecule has 0 fully saturated rings. The summed E-state index contributed by atoms with van der Waals surface area (Å²) in [6, 6.07) is 4.98. The summed E-state index contributed by atoms with van der Waals surface area (Å²) in [6.45, 7) is 8.82. The molecule has 1 aromatic carbocycles. The zero-order valence-corrected chi connectivity index (χ0v) is 14.9. The molecule has 134 valence electrons. The Morgan fingerprint density at radius 2 is 1.88 bits per heavy atom. The highest BCUT2D eigenvalue weighted by Crippen LogP contribution is 2.29. The van der Waals surface area contributed by atoms with Crippen molar-refractivity contribution in [3.63, 3.8) is 0 Å². The molecule has 0 unspecified atom stereocenters. The van der Waals surface area contributed by atoms with Crippen molar-refractivity contribution in [3.05, 3.63) is 23.8 Å². The van der Waals surface area contributed by atoms with Crippen LogP contribution in [0, 0.1) is 0 Å². The van der Waals surface area contributed by atoms with Crippen LogP contribution in [0.2, 0.25) is 0 Å². The predicted molar refractivity (Wildman–Crippen MR) is 91.8 cm³/mol. The molecule has 1 aromatic rings. The van der Waals surface area contributed by atoms with Gasteiger partial charge in [0.05, 0.1) is 19.6 Å². The number of carbonyl (C=O) groups excluding carboxylic acids is 1. The van der Waals surface area contributed by atoms with E-state index in [4.69, 9.17) is 14.6 Å². The van der Waals surface area contributed by atoms with Gasteiger partial charge in [-0.3, -0.25) is 9.59 Å². The third-order valence-corrected chi connectivity index (χ3v) is 3.40. The van der Waals surface area contributed by atoms with Gasteiger partial charge >= 0.3 is 5.97 Å². The molecule has 1 N–H and O–H groups in total. The zero-order chi connectivity index (χ0) is 18.1. The molecule has 6 nitrogen and oxygen atoms in total. The zero-order valence-electron chi connectivity index (χ0n) is 14.9. The molecule has 0 aliphatic rings. The van der Waals surface area contributed by atoms with Gasteiger partial charge in [-0.15, -0.1) is 0 Å². The Labute approximate surface area is 143 Å². The highest BCUT2D eigenvalue weighted by atomic mass is 16.5. The van der Waals surface area contributed by atoms with Crippen LogP contribution in [0.1, 0.15) is 50.9 Å². The molecule has 0 spiro atoms. The number of carboxylic acids is 1. The van der Waals surface area contributed by atoms with E-state index in [0.717, 1.165) is 6.42 Å². The second-order valence-electron chi connectivity index (χ2n) is 5.68. The summed E-state index contributed by atoms with van der Waals surface area (Å²) >= 11 is 0. The van der Waals surface area contributed by atoms with Gasteiger partial charge in [-0.1, -0.05) is 6.92 Å². The van der Waals surface area contributed by atoms with E-state index >= 15 is 0 Å². The normalized spacial score (nSPS) is 10.5. The van der Waals surface area contributed by atoms with Crippen LogP contribution < -0.4 is 9.47 Å². The van der Waals surface area contributed by atoms with Crippen molar-refractivity contribution in [1.82, 2.24) is 4.90 Å². The standard InChI is InChI=1S/C18H27NO5/c1-5-11-24-15-8-7-14(12-16(15)23-6-2)18(22)19(13(3)4)10-9-17(20)21/h7-8,12-13H,5-6,9-11H2,1-4H3,(H,20,21). The van der Waals surface area contributed by atoms with E-state index in [-0.39, 0.29) is 24.9 Å². The fourth-order valence-corrected chi connectivity index (χ4v) is 2.22. The average molecular weight is 337 g/mol. The molecule has 0 aliphatic carbocycles. The van der Waals surface area contributed by atoms with Crippen LogP contribution >= 0.6 is 0 Å². The monoisotopic (exact) mass is 337 g/mol. The fourth-order valence-electron chi connectivity index (χ4n) is 2.22. The van der Waals surface area contributed by atoms with E-state index in [1.165, 1.54) is 0 Å². The van der Waals surface area contributed by atoms with Crippen molar-refractivity contribution in [2.75, 3.05) is 19.8 Å². The number of aliphatic carboxylic acids is 1. The number of nitrogens with zero attached hydrogens (tertiary/aromatic N) is 1. The number of ether oxygens (including phenoxy) is 2. The third-order valence-electron chi connectivity index (χ3n) is 3.40. The lowest BCUT2D eigenvalue weighted by Crippen LogP contribution is -2.38. The minimum atomic E-state index is -0.924. The summed E-state index contributed by atoms with van der Waals surface area (Å²) in [5.74, 6) is -0.00311. The molecular formula is C18H27NO5.